The maximum absolute atomic E-state index is 8.64. The lowest BCUT2D eigenvalue weighted by Crippen LogP contribution is -1.97. The van der Waals surface area contributed by atoms with Crippen LogP contribution in [0.25, 0.3) is 0 Å². The molecule has 0 aliphatic heterocycles. The van der Waals surface area contributed by atoms with E-state index >= 15 is 0 Å². The average Bonchev–Trinajstić information content (AvgIpc) is 2.11. The first-order valence-corrected chi connectivity index (χ1v) is 3.85. The topological polar surface area (TPSA) is 73.6 Å². The van der Waals surface area contributed by atoms with Crippen LogP contribution in [0.3, 0.4) is 0 Å². The minimum Gasteiger partial charge on any atom is -0.398 e. The molecular formula is C10H9N3. The van der Waals surface area contributed by atoms with Gasteiger partial charge in [-0.1, -0.05) is 0 Å². The van der Waals surface area contributed by atoms with Crippen molar-refractivity contribution in [2.75, 3.05) is 5.73 Å². The van der Waals surface area contributed by atoms with Crippen LogP contribution in [-0.2, 0) is 6.42 Å². The molecular weight excluding hydrogens is 162 g/mol. The number of nitriles is 2. The van der Waals surface area contributed by atoms with E-state index in [4.69, 9.17) is 16.3 Å². The predicted octanol–water partition coefficient (Wildman–Crippen LogP) is 1.51. The fraction of sp³-hybridized carbons (Fsp3) is 0.200. The lowest BCUT2D eigenvalue weighted by atomic mass is 10.0. The molecule has 3 heteroatoms. The number of nitrogen functional groups attached to an aromatic ring is 1. The molecule has 1 aromatic rings. The lowest BCUT2D eigenvalue weighted by molar-refractivity contribution is 1.21. The van der Waals surface area contributed by atoms with Gasteiger partial charge in [-0.15, -0.1) is 0 Å². The standard InChI is InChI=1S/C10H9N3/c1-7-4-8(6-12)5-10(13)9(7)2-3-11/h4-5H,2,13H2,1H3. The van der Waals surface area contributed by atoms with E-state index in [0.717, 1.165) is 11.1 Å². The van der Waals surface area contributed by atoms with Crippen LogP contribution in [0.15, 0.2) is 12.1 Å². The molecule has 64 valence electrons. The first-order chi connectivity index (χ1) is 6.19. The number of nitrogens with zero attached hydrogens (tertiary/aromatic N) is 2. The number of aryl methyl sites for hydroxylation is 1. The second-order valence-electron chi connectivity index (χ2n) is 2.81. The fourth-order valence-electron chi connectivity index (χ4n) is 1.23. The molecule has 0 saturated heterocycles. The van der Waals surface area contributed by atoms with E-state index in [1.807, 2.05) is 19.1 Å². The molecule has 0 fully saturated rings. The maximum Gasteiger partial charge on any atom is 0.0992 e. The number of hydrogen-bond acceptors (Lipinski definition) is 3. The van der Waals surface area contributed by atoms with Gasteiger partial charge in [0.1, 0.15) is 0 Å². The number of nitrogens with two attached hydrogens (primary N) is 1. The Bertz CT molecular complexity index is 384. The number of anilines is 1. The molecule has 0 bridgehead atoms. The summed E-state index contributed by atoms with van der Waals surface area (Å²) in [4.78, 5) is 0. The normalized spacial score (nSPS) is 8.85. The third-order valence-electron chi connectivity index (χ3n) is 1.89. The van der Waals surface area contributed by atoms with Crippen molar-refractivity contribution in [1.82, 2.24) is 0 Å². The van der Waals surface area contributed by atoms with Crippen LogP contribution in [0.5, 0.6) is 0 Å². The van der Waals surface area contributed by atoms with Crippen LogP contribution in [0.1, 0.15) is 16.7 Å². The van der Waals surface area contributed by atoms with Crippen LogP contribution in [-0.4, -0.2) is 0 Å². The van der Waals surface area contributed by atoms with Gasteiger partial charge in [-0.2, -0.15) is 10.5 Å². The molecule has 0 radical (unpaired) electrons. The largest absolute Gasteiger partial charge is 0.398 e. The Kier molecular flexibility index (Phi) is 2.52. The summed E-state index contributed by atoms with van der Waals surface area (Å²) >= 11 is 0. The Labute approximate surface area is 77.0 Å². The molecule has 0 atom stereocenters. The summed E-state index contributed by atoms with van der Waals surface area (Å²) in [6.07, 6.45) is 0.295. The summed E-state index contributed by atoms with van der Waals surface area (Å²) in [5.74, 6) is 0. The highest BCUT2D eigenvalue weighted by Crippen LogP contribution is 2.19. The zero-order valence-corrected chi connectivity index (χ0v) is 7.33. The molecule has 0 aliphatic rings. The van der Waals surface area contributed by atoms with Gasteiger partial charge in [-0.25, -0.2) is 0 Å². The molecule has 3 nitrogen and oxygen atoms in total. The molecule has 0 heterocycles. The van der Waals surface area contributed by atoms with Crippen molar-refractivity contribution in [2.24, 2.45) is 0 Å². The zero-order valence-electron chi connectivity index (χ0n) is 7.33. The van der Waals surface area contributed by atoms with Crippen LogP contribution >= 0.6 is 0 Å². The second-order valence-corrected chi connectivity index (χ2v) is 2.81. The van der Waals surface area contributed by atoms with Gasteiger partial charge in [0.25, 0.3) is 0 Å². The van der Waals surface area contributed by atoms with E-state index < -0.39 is 0 Å². The van der Waals surface area contributed by atoms with Gasteiger partial charge in [0.15, 0.2) is 0 Å². The Morgan fingerprint density at radius 2 is 2.08 bits per heavy atom. The monoisotopic (exact) mass is 171 g/mol. The minimum atomic E-state index is 0.295. The Balaban J connectivity index is 3.26. The molecule has 0 unspecified atom stereocenters. The van der Waals surface area contributed by atoms with Gasteiger partial charge in [-0.05, 0) is 30.2 Å². The molecule has 0 aliphatic carbocycles. The summed E-state index contributed by atoms with van der Waals surface area (Å²) in [6.45, 7) is 1.85. The molecule has 0 amide bonds. The summed E-state index contributed by atoms with van der Waals surface area (Å²) in [5, 5.41) is 17.2. The highest BCUT2D eigenvalue weighted by molar-refractivity contribution is 5.56. The van der Waals surface area contributed by atoms with Crippen LogP contribution in [0.4, 0.5) is 5.69 Å². The van der Waals surface area contributed by atoms with Crippen LogP contribution in [0, 0.1) is 29.6 Å². The minimum absolute atomic E-state index is 0.295. The summed E-state index contributed by atoms with van der Waals surface area (Å²) in [7, 11) is 0. The molecule has 2 N–H and O–H groups in total. The Hall–Kier alpha value is -2.00. The SMILES string of the molecule is Cc1cc(C#N)cc(N)c1CC#N. The van der Waals surface area contributed by atoms with Gasteiger partial charge in [0.05, 0.1) is 24.1 Å². The molecule has 1 rings (SSSR count). The smallest absolute Gasteiger partial charge is 0.0992 e. The molecule has 0 spiro atoms. The van der Waals surface area contributed by atoms with Crippen molar-refractivity contribution in [1.29, 1.82) is 10.5 Å². The zero-order chi connectivity index (χ0) is 9.84. The van der Waals surface area contributed by atoms with E-state index in [0.29, 0.717) is 17.7 Å². The van der Waals surface area contributed by atoms with Crippen molar-refractivity contribution in [3.05, 3.63) is 28.8 Å². The van der Waals surface area contributed by atoms with Crippen molar-refractivity contribution >= 4 is 5.69 Å². The average molecular weight is 171 g/mol. The van der Waals surface area contributed by atoms with Crippen LogP contribution < -0.4 is 5.73 Å². The van der Waals surface area contributed by atoms with Crippen molar-refractivity contribution in [3.63, 3.8) is 0 Å². The summed E-state index contributed by atoms with van der Waals surface area (Å²) in [6, 6.07) is 7.39. The summed E-state index contributed by atoms with van der Waals surface area (Å²) in [5.41, 5.74) is 8.47. The number of rotatable bonds is 1. The van der Waals surface area contributed by atoms with E-state index in [1.54, 1.807) is 12.1 Å². The summed E-state index contributed by atoms with van der Waals surface area (Å²) < 4.78 is 0. The molecule has 0 saturated carbocycles. The van der Waals surface area contributed by atoms with E-state index in [2.05, 4.69) is 0 Å². The first kappa shape index (κ1) is 9.09. The van der Waals surface area contributed by atoms with E-state index in [9.17, 15) is 0 Å². The van der Waals surface area contributed by atoms with Crippen molar-refractivity contribution in [3.8, 4) is 12.1 Å². The molecule has 1 aromatic carbocycles. The highest BCUT2D eigenvalue weighted by Gasteiger charge is 2.04. The molecule has 0 aromatic heterocycles. The predicted molar refractivity (Wildman–Crippen MR) is 49.6 cm³/mol. The van der Waals surface area contributed by atoms with Gasteiger partial charge < -0.3 is 5.73 Å². The second kappa shape index (κ2) is 3.60. The molecule has 13 heavy (non-hydrogen) atoms. The van der Waals surface area contributed by atoms with Gasteiger partial charge >= 0.3 is 0 Å². The highest BCUT2D eigenvalue weighted by atomic mass is 14.6. The lowest BCUT2D eigenvalue weighted by Gasteiger charge is -2.05. The van der Waals surface area contributed by atoms with Gasteiger partial charge in [0.2, 0.25) is 0 Å². The van der Waals surface area contributed by atoms with Gasteiger partial charge in [0, 0.05) is 5.69 Å². The Morgan fingerprint density at radius 3 is 2.54 bits per heavy atom. The van der Waals surface area contributed by atoms with Crippen molar-refractivity contribution < 1.29 is 0 Å². The maximum atomic E-state index is 8.64. The van der Waals surface area contributed by atoms with Crippen LogP contribution in [0.2, 0.25) is 0 Å². The van der Waals surface area contributed by atoms with E-state index in [-0.39, 0.29) is 0 Å². The third kappa shape index (κ3) is 1.77. The third-order valence-corrected chi connectivity index (χ3v) is 1.89. The van der Waals surface area contributed by atoms with E-state index in [1.165, 1.54) is 0 Å². The fourth-order valence-corrected chi connectivity index (χ4v) is 1.23. The quantitative estimate of drug-likeness (QED) is 0.651. The Morgan fingerprint density at radius 1 is 1.38 bits per heavy atom. The number of benzene rings is 1. The van der Waals surface area contributed by atoms with Crippen molar-refractivity contribution in [2.45, 2.75) is 13.3 Å². The first-order valence-electron chi connectivity index (χ1n) is 3.85. The number of hydrogen-bond donors (Lipinski definition) is 1. The van der Waals surface area contributed by atoms with Gasteiger partial charge in [-0.3, -0.25) is 0 Å².